The van der Waals surface area contributed by atoms with Gasteiger partial charge in [0.05, 0.1) is 0 Å². The third kappa shape index (κ3) is 5.46. The Bertz CT molecular complexity index is 660. The second-order valence-electron chi connectivity index (χ2n) is 5.16. The van der Waals surface area contributed by atoms with E-state index in [0.29, 0.717) is 4.90 Å². The van der Waals surface area contributed by atoms with E-state index in [1.807, 2.05) is 12.1 Å². The summed E-state index contributed by atoms with van der Waals surface area (Å²) >= 11 is 0. The first-order valence-electron chi connectivity index (χ1n) is 7.86. The van der Waals surface area contributed by atoms with E-state index < -0.39 is 18.1 Å². The maximum Gasteiger partial charge on any atom is 0.426 e. The molecule has 0 aliphatic rings. The van der Waals surface area contributed by atoms with Crippen LogP contribution in [0.3, 0.4) is 0 Å². The molecule has 6 nitrogen and oxygen atoms in total. The zero-order valence-electron chi connectivity index (χ0n) is 13.9. The van der Waals surface area contributed by atoms with Gasteiger partial charge in [-0.05, 0) is 11.1 Å². The molecule has 25 heavy (non-hydrogen) atoms. The number of rotatable bonds is 5. The van der Waals surface area contributed by atoms with Crippen molar-refractivity contribution in [1.82, 2.24) is 4.90 Å². The lowest BCUT2D eigenvalue weighted by atomic mass is 10.2. The van der Waals surface area contributed by atoms with Crippen molar-refractivity contribution >= 4 is 18.1 Å². The van der Waals surface area contributed by atoms with E-state index in [1.54, 1.807) is 55.5 Å². The first-order chi connectivity index (χ1) is 12.1. The molecule has 0 radical (unpaired) electrons. The Balaban J connectivity index is 1.97. The number of ether oxygens (including phenoxy) is 2. The molecule has 0 N–H and O–H groups in total. The van der Waals surface area contributed by atoms with Crippen molar-refractivity contribution in [2.75, 3.05) is 0 Å². The van der Waals surface area contributed by atoms with Crippen molar-refractivity contribution < 1.29 is 23.9 Å². The minimum Gasteiger partial charge on any atom is -0.444 e. The monoisotopic (exact) mass is 341 g/mol. The lowest BCUT2D eigenvalue weighted by Crippen LogP contribution is -2.42. The summed E-state index contributed by atoms with van der Waals surface area (Å²) < 4.78 is 10.1. The van der Waals surface area contributed by atoms with Gasteiger partial charge in [0.1, 0.15) is 13.2 Å². The van der Waals surface area contributed by atoms with Gasteiger partial charge in [-0.25, -0.2) is 9.59 Å². The van der Waals surface area contributed by atoms with Gasteiger partial charge in [-0.1, -0.05) is 67.6 Å². The quantitative estimate of drug-likeness (QED) is 0.825. The molecule has 2 aromatic carbocycles. The van der Waals surface area contributed by atoms with E-state index in [0.717, 1.165) is 11.1 Å². The molecule has 2 rings (SSSR count). The Morgan fingerprint density at radius 1 is 0.760 bits per heavy atom. The molecule has 0 saturated heterocycles. The van der Waals surface area contributed by atoms with E-state index in [9.17, 15) is 14.4 Å². The predicted octanol–water partition coefficient (Wildman–Crippen LogP) is 3.90. The van der Waals surface area contributed by atoms with Crippen LogP contribution in [0.5, 0.6) is 0 Å². The third-order valence-electron chi connectivity index (χ3n) is 3.33. The molecular weight excluding hydrogens is 322 g/mol. The van der Waals surface area contributed by atoms with E-state index in [1.165, 1.54) is 0 Å². The highest BCUT2D eigenvalue weighted by Crippen LogP contribution is 2.08. The molecule has 0 atom stereocenters. The highest BCUT2D eigenvalue weighted by atomic mass is 16.6. The summed E-state index contributed by atoms with van der Waals surface area (Å²) in [5.41, 5.74) is 1.50. The number of benzene rings is 2. The summed E-state index contributed by atoms with van der Waals surface area (Å²) in [6.07, 6.45) is -2.12. The van der Waals surface area contributed by atoms with Crippen LogP contribution < -0.4 is 0 Å². The van der Waals surface area contributed by atoms with Gasteiger partial charge in [0.2, 0.25) is 5.91 Å². The Kier molecular flexibility index (Phi) is 6.71. The molecular formula is C19H19NO5. The summed E-state index contributed by atoms with van der Waals surface area (Å²) in [7, 11) is 0. The molecule has 0 spiro atoms. The van der Waals surface area contributed by atoms with Gasteiger partial charge < -0.3 is 9.47 Å². The molecule has 130 valence electrons. The maximum atomic E-state index is 12.2. The fourth-order valence-electron chi connectivity index (χ4n) is 2.00. The summed E-state index contributed by atoms with van der Waals surface area (Å²) in [6, 6.07) is 17.9. The molecule has 0 aliphatic heterocycles. The third-order valence-corrected chi connectivity index (χ3v) is 3.33. The molecule has 0 unspecified atom stereocenters. The van der Waals surface area contributed by atoms with Crippen molar-refractivity contribution in [1.29, 1.82) is 0 Å². The summed E-state index contributed by atoms with van der Waals surface area (Å²) in [6.45, 7) is 1.46. The van der Waals surface area contributed by atoms with Crippen molar-refractivity contribution in [3.8, 4) is 0 Å². The maximum absolute atomic E-state index is 12.2. The minimum absolute atomic E-state index is 0.0269. The Morgan fingerprint density at radius 3 is 1.52 bits per heavy atom. The molecule has 0 bridgehead atoms. The van der Waals surface area contributed by atoms with Crippen LogP contribution in [0, 0.1) is 0 Å². The molecule has 0 saturated carbocycles. The zero-order valence-corrected chi connectivity index (χ0v) is 13.9. The number of nitrogens with zero attached hydrogens (tertiary/aromatic N) is 1. The summed E-state index contributed by atoms with van der Waals surface area (Å²) in [5.74, 6) is -0.684. The van der Waals surface area contributed by atoms with E-state index in [2.05, 4.69) is 0 Å². The lowest BCUT2D eigenvalue weighted by molar-refractivity contribution is -0.127. The van der Waals surface area contributed by atoms with Gasteiger partial charge in [-0.2, -0.15) is 0 Å². The molecule has 0 aromatic heterocycles. The van der Waals surface area contributed by atoms with Crippen LogP contribution >= 0.6 is 0 Å². The highest BCUT2D eigenvalue weighted by Gasteiger charge is 2.30. The first kappa shape index (κ1) is 18.2. The Morgan fingerprint density at radius 2 is 1.16 bits per heavy atom. The van der Waals surface area contributed by atoms with Crippen molar-refractivity contribution in [2.24, 2.45) is 0 Å². The summed E-state index contributed by atoms with van der Waals surface area (Å²) in [4.78, 5) is 36.6. The van der Waals surface area contributed by atoms with Crippen molar-refractivity contribution in [3.63, 3.8) is 0 Å². The second-order valence-corrected chi connectivity index (χ2v) is 5.16. The fraction of sp³-hybridized carbons (Fsp3) is 0.211. The highest BCUT2D eigenvalue weighted by molar-refractivity contribution is 6.06. The van der Waals surface area contributed by atoms with E-state index in [-0.39, 0.29) is 19.6 Å². The van der Waals surface area contributed by atoms with Gasteiger partial charge >= 0.3 is 12.2 Å². The number of amides is 3. The largest absolute Gasteiger partial charge is 0.444 e. The number of carbonyl (C=O) groups is 3. The van der Waals surface area contributed by atoms with Crippen LogP contribution in [0.1, 0.15) is 24.5 Å². The standard InChI is InChI=1S/C19H19NO5/c1-2-17(21)20(18(22)24-13-15-9-5-3-6-10-15)19(23)25-14-16-11-7-4-8-12-16/h3-12H,2,13-14H2,1H3. The predicted molar refractivity (Wildman–Crippen MR) is 90.4 cm³/mol. The number of hydrogen-bond acceptors (Lipinski definition) is 5. The second kappa shape index (κ2) is 9.22. The van der Waals surface area contributed by atoms with Gasteiger partial charge in [0, 0.05) is 6.42 Å². The molecule has 6 heteroatoms. The van der Waals surface area contributed by atoms with Crippen LogP contribution in [0.4, 0.5) is 9.59 Å². The van der Waals surface area contributed by atoms with Gasteiger partial charge in [0.25, 0.3) is 0 Å². The lowest BCUT2D eigenvalue weighted by Gasteiger charge is -2.18. The average Bonchev–Trinajstić information content (AvgIpc) is 2.66. The van der Waals surface area contributed by atoms with Gasteiger partial charge in [0.15, 0.2) is 0 Å². The molecule has 0 fully saturated rings. The van der Waals surface area contributed by atoms with Gasteiger partial charge in [-0.15, -0.1) is 4.90 Å². The Hall–Kier alpha value is -3.15. The number of hydrogen-bond donors (Lipinski definition) is 0. The smallest absolute Gasteiger partial charge is 0.426 e. The topological polar surface area (TPSA) is 72.9 Å². The van der Waals surface area contributed by atoms with E-state index >= 15 is 0 Å². The van der Waals surface area contributed by atoms with Crippen molar-refractivity contribution in [2.45, 2.75) is 26.6 Å². The SMILES string of the molecule is CCC(=O)N(C(=O)OCc1ccccc1)C(=O)OCc1ccccc1. The molecule has 3 amide bonds. The fourth-order valence-corrected chi connectivity index (χ4v) is 2.00. The van der Waals surface area contributed by atoms with Crippen LogP contribution in [0.25, 0.3) is 0 Å². The molecule has 0 heterocycles. The number of imide groups is 3. The molecule has 0 aliphatic carbocycles. The zero-order chi connectivity index (χ0) is 18.1. The van der Waals surface area contributed by atoms with Crippen LogP contribution in [-0.2, 0) is 27.5 Å². The van der Waals surface area contributed by atoms with E-state index in [4.69, 9.17) is 9.47 Å². The Labute approximate surface area is 146 Å². The van der Waals surface area contributed by atoms with Crippen LogP contribution in [-0.4, -0.2) is 23.0 Å². The normalized spacial score (nSPS) is 9.96. The molecule has 2 aromatic rings. The van der Waals surface area contributed by atoms with Crippen LogP contribution in [0.15, 0.2) is 60.7 Å². The average molecular weight is 341 g/mol. The first-order valence-corrected chi connectivity index (χ1v) is 7.86. The minimum atomic E-state index is -1.05. The van der Waals surface area contributed by atoms with Crippen molar-refractivity contribution in [3.05, 3.63) is 71.8 Å². The summed E-state index contributed by atoms with van der Waals surface area (Å²) in [5, 5.41) is 0. The van der Waals surface area contributed by atoms with Gasteiger partial charge in [-0.3, -0.25) is 4.79 Å². The van der Waals surface area contributed by atoms with Crippen LogP contribution in [0.2, 0.25) is 0 Å². The number of carbonyl (C=O) groups excluding carboxylic acids is 3.